The van der Waals surface area contributed by atoms with Crippen molar-refractivity contribution in [1.82, 2.24) is 0 Å². The normalized spacial score (nSPS) is 18.4. The number of hydrogen-bond acceptors (Lipinski definition) is 1. The van der Waals surface area contributed by atoms with Gasteiger partial charge in [-0.3, -0.25) is 0 Å². The summed E-state index contributed by atoms with van der Waals surface area (Å²) in [6, 6.07) is 10.6. The number of rotatable bonds is 6. The molecule has 1 aromatic carbocycles. The van der Waals surface area contributed by atoms with Crippen LogP contribution in [0.4, 0.5) is 0 Å². The first-order chi connectivity index (χ1) is 8.40. The van der Waals surface area contributed by atoms with Gasteiger partial charge in [-0.1, -0.05) is 59.1 Å². The Labute approximate surface area is 113 Å². The highest BCUT2D eigenvalue weighted by Gasteiger charge is 2.16. The first-order valence-corrected chi connectivity index (χ1v) is 7.71. The minimum absolute atomic E-state index is 0.484. The second kappa shape index (κ2) is 7.17. The standard InChI is InChI=1S/C15H21BrO/c16-10-15(14-8-2-1-3-9-14)12-17-11-13-6-4-5-7-13/h1-3,8-9,13,15H,4-7,10-12H2. The molecular formula is C15H21BrO. The molecule has 0 N–H and O–H groups in total. The van der Waals surface area contributed by atoms with E-state index < -0.39 is 0 Å². The van der Waals surface area contributed by atoms with Crippen LogP contribution < -0.4 is 0 Å². The Bertz CT molecular complexity index is 306. The lowest BCUT2D eigenvalue weighted by Crippen LogP contribution is -2.13. The van der Waals surface area contributed by atoms with Crippen molar-refractivity contribution in [3.8, 4) is 0 Å². The van der Waals surface area contributed by atoms with Crippen molar-refractivity contribution in [3.05, 3.63) is 35.9 Å². The average molecular weight is 297 g/mol. The largest absolute Gasteiger partial charge is 0.380 e. The van der Waals surface area contributed by atoms with Crippen LogP contribution in [-0.4, -0.2) is 18.5 Å². The second-order valence-electron chi connectivity index (χ2n) is 4.95. The first-order valence-electron chi connectivity index (χ1n) is 6.59. The summed E-state index contributed by atoms with van der Waals surface area (Å²) in [5, 5.41) is 0.974. The maximum Gasteiger partial charge on any atom is 0.0542 e. The van der Waals surface area contributed by atoms with Gasteiger partial charge in [-0.2, -0.15) is 0 Å². The molecule has 2 rings (SSSR count). The van der Waals surface area contributed by atoms with Gasteiger partial charge in [-0.25, -0.2) is 0 Å². The summed E-state index contributed by atoms with van der Waals surface area (Å²) >= 11 is 3.59. The Morgan fingerprint density at radius 1 is 1.18 bits per heavy atom. The predicted molar refractivity (Wildman–Crippen MR) is 75.8 cm³/mol. The van der Waals surface area contributed by atoms with Gasteiger partial charge in [0.25, 0.3) is 0 Å². The highest BCUT2D eigenvalue weighted by molar-refractivity contribution is 9.09. The fourth-order valence-electron chi connectivity index (χ4n) is 2.51. The van der Waals surface area contributed by atoms with Crippen LogP contribution in [-0.2, 0) is 4.74 Å². The minimum Gasteiger partial charge on any atom is -0.380 e. The Kier molecular flexibility index (Phi) is 5.53. The van der Waals surface area contributed by atoms with Crippen LogP contribution >= 0.6 is 15.9 Å². The Hall–Kier alpha value is -0.340. The number of ether oxygens (including phenoxy) is 1. The average Bonchev–Trinajstić information content (AvgIpc) is 2.89. The molecule has 1 atom stereocenters. The van der Waals surface area contributed by atoms with Gasteiger partial charge >= 0.3 is 0 Å². The fourth-order valence-corrected chi connectivity index (χ4v) is 3.07. The van der Waals surface area contributed by atoms with E-state index in [4.69, 9.17) is 4.74 Å². The number of benzene rings is 1. The molecule has 0 bridgehead atoms. The third kappa shape index (κ3) is 4.11. The quantitative estimate of drug-likeness (QED) is 0.708. The molecule has 0 heterocycles. The molecule has 0 aliphatic heterocycles. The summed E-state index contributed by atoms with van der Waals surface area (Å²) < 4.78 is 5.90. The van der Waals surface area contributed by atoms with Gasteiger partial charge in [0, 0.05) is 17.9 Å². The molecule has 1 unspecified atom stereocenters. The molecular weight excluding hydrogens is 276 g/mol. The maximum absolute atomic E-state index is 5.90. The monoisotopic (exact) mass is 296 g/mol. The van der Waals surface area contributed by atoms with Crippen LogP contribution in [0.1, 0.15) is 37.2 Å². The summed E-state index contributed by atoms with van der Waals surface area (Å²) in [4.78, 5) is 0. The van der Waals surface area contributed by atoms with Crippen molar-refractivity contribution in [2.75, 3.05) is 18.5 Å². The van der Waals surface area contributed by atoms with Crippen molar-refractivity contribution in [2.45, 2.75) is 31.6 Å². The van der Waals surface area contributed by atoms with Crippen LogP contribution in [0.25, 0.3) is 0 Å². The molecule has 0 spiro atoms. The van der Waals surface area contributed by atoms with E-state index in [1.165, 1.54) is 31.2 Å². The predicted octanol–water partition coefficient (Wildman–Crippen LogP) is 4.37. The molecule has 0 aromatic heterocycles. The van der Waals surface area contributed by atoms with E-state index in [0.717, 1.165) is 24.5 Å². The van der Waals surface area contributed by atoms with Gasteiger partial charge in [-0.05, 0) is 24.3 Å². The highest BCUT2D eigenvalue weighted by Crippen LogP contribution is 2.25. The topological polar surface area (TPSA) is 9.23 Å². The molecule has 0 radical (unpaired) electrons. The number of alkyl halides is 1. The zero-order valence-electron chi connectivity index (χ0n) is 10.3. The van der Waals surface area contributed by atoms with E-state index >= 15 is 0 Å². The summed E-state index contributed by atoms with van der Waals surface area (Å²) in [7, 11) is 0. The lowest BCUT2D eigenvalue weighted by atomic mass is 10.0. The van der Waals surface area contributed by atoms with Crippen LogP contribution in [0.15, 0.2) is 30.3 Å². The molecule has 94 valence electrons. The minimum atomic E-state index is 0.484. The van der Waals surface area contributed by atoms with Crippen molar-refractivity contribution < 1.29 is 4.74 Å². The summed E-state index contributed by atoms with van der Waals surface area (Å²) in [5.41, 5.74) is 1.37. The van der Waals surface area contributed by atoms with E-state index in [9.17, 15) is 0 Å². The van der Waals surface area contributed by atoms with Gasteiger partial charge in [0.2, 0.25) is 0 Å². The fraction of sp³-hybridized carbons (Fsp3) is 0.600. The van der Waals surface area contributed by atoms with Gasteiger partial charge in [-0.15, -0.1) is 0 Å². The van der Waals surface area contributed by atoms with E-state index in [-0.39, 0.29) is 0 Å². The third-order valence-corrected chi connectivity index (χ3v) is 4.39. The highest BCUT2D eigenvalue weighted by atomic mass is 79.9. The summed E-state index contributed by atoms with van der Waals surface area (Å²) in [6.45, 7) is 1.79. The van der Waals surface area contributed by atoms with Crippen LogP contribution in [0.3, 0.4) is 0 Å². The van der Waals surface area contributed by atoms with E-state index in [1.54, 1.807) is 0 Å². The summed E-state index contributed by atoms with van der Waals surface area (Å²) in [6.07, 6.45) is 5.53. The molecule has 0 amide bonds. The smallest absolute Gasteiger partial charge is 0.0542 e. The molecule has 1 aliphatic rings. The number of halogens is 1. The summed E-state index contributed by atoms with van der Waals surface area (Å²) in [5.74, 6) is 1.30. The van der Waals surface area contributed by atoms with Crippen LogP contribution in [0.2, 0.25) is 0 Å². The Balaban J connectivity index is 1.75. The van der Waals surface area contributed by atoms with Gasteiger partial charge in [0.05, 0.1) is 6.61 Å². The molecule has 0 saturated heterocycles. The van der Waals surface area contributed by atoms with E-state index in [2.05, 4.69) is 46.3 Å². The second-order valence-corrected chi connectivity index (χ2v) is 5.60. The zero-order valence-corrected chi connectivity index (χ0v) is 11.9. The molecule has 17 heavy (non-hydrogen) atoms. The molecule has 1 nitrogen and oxygen atoms in total. The molecule has 1 aliphatic carbocycles. The van der Waals surface area contributed by atoms with E-state index in [1.807, 2.05) is 0 Å². The molecule has 2 heteroatoms. The van der Waals surface area contributed by atoms with Crippen molar-refractivity contribution in [2.24, 2.45) is 5.92 Å². The maximum atomic E-state index is 5.90. The molecule has 1 aromatic rings. The van der Waals surface area contributed by atoms with E-state index in [0.29, 0.717) is 5.92 Å². The van der Waals surface area contributed by atoms with Crippen molar-refractivity contribution in [3.63, 3.8) is 0 Å². The van der Waals surface area contributed by atoms with Crippen LogP contribution in [0.5, 0.6) is 0 Å². The molecule has 1 fully saturated rings. The van der Waals surface area contributed by atoms with Crippen LogP contribution in [0, 0.1) is 5.92 Å². The van der Waals surface area contributed by atoms with Gasteiger partial charge < -0.3 is 4.74 Å². The number of hydrogen-bond donors (Lipinski definition) is 0. The van der Waals surface area contributed by atoms with Crippen molar-refractivity contribution >= 4 is 15.9 Å². The van der Waals surface area contributed by atoms with Gasteiger partial charge in [0.15, 0.2) is 0 Å². The lowest BCUT2D eigenvalue weighted by molar-refractivity contribution is 0.0934. The van der Waals surface area contributed by atoms with Crippen molar-refractivity contribution in [1.29, 1.82) is 0 Å². The third-order valence-electron chi connectivity index (χ3n) is 3.60. The Morgan fingerprint density at radius 3 is 2.53 bits per heavy atom. The Morgan fingerprint density at radius 2 is 1.88 bits per heavy atom. The SMILES string of the molecule is BrCC(COCC1CCCC1)c1ccccc1. The first kappa shape index (κ1) is 13.1. The zero-order chi connectivity index (χ0) is 11.9. The lowest BCUT2D eigenvalue weighted by Gasteiger charge is -2.16. The van der Waals surface area contributed by atoms with Gasteiger partial charge in [0.1, 0.15) is 0 Å². The molecule has 1 saturated carbocycles.